The number of imide groups is 1. The molecule has 9 heteroatoms. The molecule has 0 saturated carbocycles. The van der Waals surface area contributed by atoms with Crippen LogP contribution in [0.15, 0.2) is 18.2 Å². The van der Waals surface area contributed by atoms with Crippen molar-refractivity contribution in [2.45, 2.75) is 37.4 Å². The topological polar surface area (TPSA) is 123 Å². The van der Waals surface area contributed by atoms with Gasteiger partial charge in [-0.05, 0) is 12.5 Å². The van der Waals surface area contributed by atoms with Crippen molar-refractivity contribution in [1.82, 2.24) is 15.5 Å². The number of amides is 2. The van der Waals surface area contributed by atoms with E-state index in [4.69, 9.17) is 4.74 Å². The highest BCUT2D eigenvalue weighted by molar-refractivity contribution is 6.00. The molecular formula is C18H24N4O5. The maximum Gasteiger partial charge on any atom is 0.244 e. The van der Waals surface area contributed by atoms with Crippen LogP contribution in [0.3, 0.4) is 0 Å². The molecule has 9 nitrogen and oxygen atoms in total. The van der Waals surface area contributed by atoms with Gasteiger partial charge < -0.3 is 25.6 Å². The van der Waals surface area contributed by atoms with Crippen LogP contribution in [0.5, 0.6) is 0 Å². The summed E-state index contributed by atoms with van der Waals surface area (Å²) in [4.78, 5) is 25.0. The van der Waals surface area contributed by atoms with Crippen LogP contribution >= 0.6 is 0 Å². The van der Waals surface area contributed by atoms with Crippen LogP contribution in [0.1, 0.15) is 36.4 Å². The predicted octanol–water partition coefficient (Wildman–Crippen LogP) is -0.810. The van der Waals surface area contributed by atoms with E-state index in [0.29, 0.717) is 30.0 Å². The molecule has 2 saturated heterocycles. The normalized spacial score (nSPS) is 31.5. The zero-order valence-corrected chi connectivity index (χ0v) is 14.9. The number of morpholine rings is 1. The van der Waals surface area contributed by atoms with E-state index in [-0.39, 0.29) is 24.9 Å². The number of benzene rings is 1. The Labute approximate surface area is 156 Å². The van der Waals surface area contributed by atoms with Gasteiger partial charge >= 0.3 is 0 Å². The third kappa shape index (κ3) is 3.44. The number of aliphatic hydroxyl groups excluding tert-OH is 2. The zero-order chi connectivity index (χ0) is 19.0. The van der Waals surface area contributed by atoms with Crippen molar-refractivity contribution in [3.05, 3.63) is 29.3 Å². The first-order valence-corrected chi connectivity index (χ1v) is 9.22. The van der Waals surface area contributed by atoms with E-state index in [1.165, 1.54) is 4.90 Å². The van der Waals surface area contributed by atoms with E-state index in [0.717, 1.165) is 13.1 Å². The second-order valence-corrected chi connectivity index (χ2v) is 7.05. The number of carbonyl (C=O) groups is 2. The Kier molecular flexibility index (Phi) is 5.11. The van der Waals surface area contributed by atoms with Crippen molar-refractivity contribution in [3.63, 3.8) is 0 Å². The van der Waals surface area contributed by atoms with E-state index in [2.05, 4.69) is 16.0 Å². The van der Waals surface area contributed by atoms with E-state index in [1.54, 1.807) is 12.1 Å². The summed E-state index contributed by atoms with van der Waals surface area (Å²) in [6.45, 7) is 2.80. The average molecular weight is 376 g/mol. The summed E-state index contributed by atoms with van der Waals surface area (Å²) in [6.07, 6.45) is -1.80. The SMILES string of the molecule is O=C1CCC(N2C(O)c3cccc(NCC4CNCCO4)c3C2O)C(=O)N1. The number of anilines is 1. The van der Waals surface area contributed by atoms with Crippen molar-refractivity contribution in [2.75, 3.05) is 31.6 Å². The monoisotopic (exact) mass is 376 g/mol. The van der Waals surface area contributed by atoms with Crippen molar-refractivity contribution in [3.8, 4) is 0 Å². The minimum absolute atomic E-state index is 0.0179. The molecule has 4 rings (SSSR count). The number of fused-ring (bicyclic) bond motifs is 1. The fraction of sp³-hybridized carbons (Fsp3) is 0.556. The van der Waals surface area contributed by atoms with Crippen LogP contribution in [-0.4, -0.2) is 65.3 Å². The molecule has 3 heterocycles. The van der Waals surface area contributed by atoms with E-state index in [9.17, 15) is 19.8 Å². The van der Waals surface area contributed by atoms with Crippen LogP contribution in [0.2, 0.25) is 0 Å². The van der Waals surface area contributed by atoms with Gasteiger partial charge in [0.25, 0.3) is 0 Å². The lowest BCUT2D eigenvalue weighted by Crippen LogP contribution is -2.52. The van der Waals surface area contributed by atoms with E-state index < -0.39 is 24.4 Å². The number of nitrogens with one attached hydrogen (secondary N) is 3. The van der Waals surface area contributed by atoms with Gasteiger partial charge in [-0.2, -0.15) is 0 Å². The largest absolute Gasteiger partial charge is 0.382 e. The second kappa shape index (κ2) is 7.53. The standard InChI is InChI=1S/C18H24N4O5/c23-14-5-4-13(16(24)21-14)22-17(25)11-2-1-3-12(15(11)18(22)26)20-9-10-8-19-6-7-27-10/h1-3,10,13,17-20,25-26H,4-9H2,(H,21,23,24). The number of carbonyl (C=O) groups excluding carboxylic acids is 2. The van der Waals surface area contributed by atoms with Crippen molar-refractivity contribution >= 4 is 17.5 Å². The lowest BCUT2D eigenvalue weighted by atomic mass is 10.0. The maximum absolute atomic E-state index is 12.2. The number of piperidine rings is 1. The van der Waals surface area contributed by atoms with Gasteiger partial charge in [0.1, 0.15) is 12.5 Å². The van der Waals surface area contributed by atoms with Crippen LogP contribution in [0.25, 0.3) is 0 Å². The summed E-state index contributed by atoms with van der Waals surface area (Å²) in [5.41, 5.74) is 1.81. The predicted molar refractivity (Wildman–Crippen MR) is 95.5 cm³/mol. The molecule has 2 fully saturated rings. The highest BCUT2D eigenvalue weighted by Crippen LogP contribution is 2.45. The van der Waals surface area contributed by atoms with Gasteiger partial charge in [-0.25, -0.2) is 4.90 Å². The Morgan fingerprint density at radius 3 is 2.85 bits per heavy atom. The van der Waals surface area contributed by atoms with Gasteiger partial charge in [-0.15, -0.1) is 0 Å². The van der Waals surface area contributed by atoms with Crippen LogP contribution < -0.4 is 16.0 Å². The van der Waals surface area contributed by atoms with Gasteiger partial charge in [0, 0.05) is 42.9 Å². The van der Waals surface area contributed by atoms with Gasteiger partial charge in [0.15, 0.2) is 0 Å². The highest BCUT2D eigenvalue weighted by atomic mass is 16.5. The molecule has 1 aromatic rings. The maximum atomic E-state index is 12.2. The fourth-order valence-corrected chi connectivity index (χ4v) is 3.98. The third-order valence-corrected chi connectivity index (χ3v) is 5.34. The van der Waals surface area contributed by atoms with Crippen molar-refractivity contribution in [1.29, 1.82) is 0 Å². The summed E-state index contributed by atoms with van der Waals surface area (Å²) in [7, 11) is 0. The van der Waals surface area contributed by atoms with Gasteiger partial charge in [0.2, 0.25) is 11.8 Å². The van der Waals surface area contributed by atoms with Crippen molar-refractivity contribution in [2.24, 2.45) is 0 Å². The number of nitrogens with zero attached hydrogens (tertiary/aromatic N) is 1. The summed E-state index contributed by atoms with van der Waals surface area (Å²) in [5, 5.41) is 30.4. The summed E-state index contributed by atoms with van der Waals surface area (Å²) in [6, 6.07) is 4.60. The zero-order valence-electron chi connectivity index (χ0n) is 14.9. The Morgan fingerprint density at radius 1 is 1.26 bits per heavy atom. The van der Waals surface area contributed by atoms with Gasteiger partial charge in [0.05, 0.1) is 18.8 Å². The fourth-order valence-electron chi connectivity index (χ4n) is 3.98. The average Bonchev–Trinajstić information content (AvgIpc) is 2.93. The molecule has 0 spiro atoms. The molecule has 0 aromatic heterocycles. The summed E-state index contributed by atoms with van der Waals surface area (Å²) in [5.74, 6) is -0.825. The number of rotatable bonds is 4. The quantitative estimate of drug-likeness (QED) is 0.433. The number of hydrogen-bond donors (Lipinski definition) is 5. The molecule has 3 aliphatic rings. The minimum atomic E-state index is -1.15. The molecule has 0 bridgehead atoms. The number of aliphatic hydroxyl groups is 2. The molecule has 1 aromatic carbocycles. The molecule has 4 atom stereocenters. The molecule has 4 unspecified atom stereocenters. The Morgan fingerprint density at radius 2 is 2.11 bits per heavy atom. The number of hydrogen-bond acceptors (Lipinski definition) is 8. The molecule has 0 radical (unpaired) electrons. The molecule has 5 N–H and O–H groups in total. The van der Waals surface area contributed by atoms with Gasteiger partial charge in [-0.3, -0.25) is 14.9 Å². The molecule has 27 heavy (non-hydrogen) atoms. The lowest BCUT2D eigenvalue weighted by Gasteiger charge is -2.34. The molecule has 3 aliphatic heterocycles. The first-order valence-electron chi connectivity index (χ1n) is 9.22. The van der Waals surface area contributed by atoms with E-state index in [1.807, 2.05) is 6.07 Å². The van der Waals surface area contributed by atoms with Crippen LogP contribution in [0, 0.1) is 0 Å². The molecule has 2 amide bonds. The Hall–Kier alpha value is -2.04. The number of ether oxygens (including phenoxy) is 1. The molecule has 146 valence electrons. The molecule has 0 aliphatic carbocycles. The Bertz CT molecular complexity index is 736. The smallest absolute Gasteiger partial charge is 0.244 e. The van der Waals surface area contributed by atoms with Crippen molar-refractivity contribution < 1.29 is 24.5 Å². The third-order valence-electron chi connectivity index (χ3n) is 5.34. The van der Waals surface area contributed by atoms with Gasteiger partial charge in [-0.1, -0.05) is 12.1 Å². The highest BCUT2D eigenvalue weighted by Gasteiger charge is 2.45. The second-order valence-electron chi connectivity index (χ2n) is 7.05. The Balaban J connectivity index is 1.53. The first-order chi connectivity index (χ1) is 13.1. The first kappa shape index (κ1) is 18.3. The minimum Gasteiger partial charge on any atom is -0.382 e. The molecular weight excluding hydrogens is 352 g/mol. The van der Waals surface area contributed by atoms with Crippen LogP contribution in [0.4, 0.5) is 5.69 Å². The lowest BCUT2D eigenvalue weighted by molar-refractivity contribution is -0.154. The summed E-state index contributed by atoms with van der Waals surface area (Å²) < 4.78 is 5.68. The van der Waals surface area contributed by atoms with Crippen LogP contribution in [-0.2, 0) is 14.3 Å². The summed E-state index contributed by atoms with van der Waals surface area (Å²) >= 11 is 0. The van der Waals surface area contributed by atoms with E-state index >= 15 is 0 Å².